The molecular formula is C16H22BrNO. The minimum atomic E-state index is -0.0396. The zero-order chi connectivity index (χ0) is 14.0. The molecule has 1 fully saturated rings. The van der Waals surface area contributed by atoms with E-state index >= 15 is 0 Å². The van der Waals surface area contributed by atoms with Crippen LogP contribution in [0, 0.1) is 5.92 Å². The number of amides is 1. The van der Waals surface area contributed by atoms with E-state index in [-0.39, 0.29) is 17.4 Å². The van der Waals surface area contributed by atoms with Gasteiger partial charge in [0.15, 0.2) is 0 Å². The Labute approximate surface area is 124 Å². The maximum Gasteiger partial charge on any atom is 0.221 e. The van der Waals surface area contributed by atoms with Crippen LogP contribution in [0.15, 0.2) is 28.7 Å². The monoisotopic (exact) mass is 323 g/mol. The highest BCUT2D eigenvalue weighted by Crippen LogP contribution is 2.41. The molecule has 0 aromatic heterocycles. The molecule has 0 radical (unpaired) electrons. The summed E-state index contributed by atoms with van der Waals surface area (Å²) < 4.78 is 1.08. The van der Waals surface area contributed by atoms with Crippen LogP contribution >= 0.6 is 15.9 Å². The molecule has 1 aliphatic heterocycles. The van der Waals surface area contributed by atoms with Gasteiger partial charge in [0.2, 0.25) is 5.91 Å². The summed E-state index contributed by atoms with van der Waals surface area (Å²) in [6.07, 6.45) is 2.64. The third kappa shape index (κ3) is 2.86. The lowest BCUT2D eigenvalue weighted by molar-refractivity contribution is -0.119. The summed E-state index contributed by atoms with van der Waals surface area (Å²) in [5, 5.41) is 3.19. The topological polar surface area (TPSA) is 29.1 Å². The summed E-state index contributed by atoms with van der Waals surface area (Å²) >= 11 is 3.48. The number of nitrogens with one attached hydrogen (secondary N) is 1. The number of carbonyl (C=O) groups excluding carboxylic acids is 1. The molecule has 2 atom stereocenters. The summed E-state index contributed by atoms with van der Waals surface area (Å²) in [7, 11) is 0. The van der Waals surface area contributed by atoms with Crippen molar-refractivity contribution in [3.05, 3.63) is 34.3 Å². The van der Waals surface area contributed by atoms with Crippen molar-refractivity contribution in [1.82, 2.24) is 5.32 Å². The number of halogens is 1. The number of carbonyl (C=O) groups is 1. The van der Waals surface area contributed by atoms with Gasteiger partial charge in [0.1, 0.15) is 0 Å². The van der Waals surface area contributed by atoms with Crippen molar-refractivity contribution >= 4 is 21.8 Å². The van der Waals surface area contributed by atoms with E-state index < -0.39 is 0 Å². The second kappa shape index (κ2) is 5.66. The van der Waals surface area contributed by atoms with Crippen LogP contribution in [0.1, 0.15) is 45.6 Å². The molecule has 2 unspecified atom stereocenters. The zero-order valence-electron chi connectivity index (χ0n) is 11.9. The van der Waals surface area contributed by atoms with Gasteiger partial charge in [-0.15, -0.1) is 0 Å². The highest BCUT2D eigenvalue weighted by molar-refractivity contribution is 9.10. The van der Waals surface area contributed by atoms with Crippen LogP contribution in [0.5, 0.6) is 0 Å². The minimum Gasteiger partial charge on any atom is -0.352 e. The van der Waals surface area contributed by atoms with Gasteiger partial charge in [-0.1, -0.05) is 48.8 Å². The Morgan fingerprint density at radius 3 is 2.53 bits per heavy atom. The van der Waals surface area contributed by atoms with E-state index in [4.69, 9.17) is 0 Å². The predicted octanol–water partition coefficient (Wildman–Crippen LogP) is 4.03. The van der Waals surface area contributed by atoms with Crippen molar-refractivity contribution in [2.24, 2.45) is 5.92 Å². The zero-order valence-corrected chi connectivity index (χ0v) is 13.5. The summed E-state index contributed by atoms with van der Waals surface area (Å²) in [5.41, 5.74) is 1.24. The van der Waals surface area contributed by atoms with Gasteiger partial charge in [-0.3, -0.25) is 4.79 Å². The van der Waals surface area contributed by atoms with Gasteiger partial charge in [-0.25, -0.2) is 0 Å². The summed E-state index contributed by atoms with van der Waals surface area (Å²) in [5.74, 6) is 0.778. The quantitative estimate of drug-likeness (QED) is 0.890. The molecule has 1 amide bonds. The maximum atomic E-state index is 11.9. The highest BCUT2D eigenvalue weighted by atomic mass is 79.9. The minimum absolute atomic E-state index is 0.0396. The molecule has 0 spiro atoms. The number of hydrogen-bond donors (Lipinski definition) is 1. The molecule has 3 heteroatoms. The Kier molecular flexibility index (Phi) is 4.34. The van der Waals surface area contributed by atoms with Crippen molar-refractivity contribution in [3.8, 4) is 0 Å². The van der Waals surface area contributed by atoms with Gasteiger partial charge in [-0.2, -0.15) is 0 Å². The van der Waals surface area contributed by atoms with Crippen molar-refractivity contribution < 1.29 is 4.79 Å². The van der Waals surface area contributed by atoms with Crippen LogP contribution in [0.3, 0.4) is 0 Å². The van der Waals surface area contributed by atoms with Gasteiger partial charge in [-0.05, 0) is 36.5 Å². The standard InChI is InChI=1S/C16H22BrNO/c1-4-16(12-5-7-13(17)8-6-12)10-15(19)18-14(16)9-11(2)3/h5-8,11,14H,4,9-10H2,1-3H3,(H,18,19). The largest absolute Gasteiger partial charge is 0.352 e. The van der Waals surface area contributed by atoms with E-state index in [1.807, 2.05) is 0 Å². The highest BCUT2D eigenvalue weighted by Gasteiger charge is 2.46. The summed E-state index contributed by atoms with van der Waals surface area (Å²) in [6.45, 7) is 6.62. The van der Waals surface area contributed by atoms with Crippen LogP contribution in [0.25, 0.3) is 0 Å². The van der Waals surface area contributed by atoms with Crippen LogP contribution in [0.2, 0.25) is 0 Å². The number of benzene rings is 1. The summed E-state index contributed by atoms with van der Waals surface area (Å²) in [4.78, 5) is 11.9. The average Bonchev–Trinajstić information content (AvgIpc) is 2.66. The van der Waals surface area contributed by atoms with E-state index in [1.54, 1.807) is 0 Å². The van der Waals surface area contributed by atoms with E-state index in [0.29, 0.717) is 12.3 Å². The second-order valence-corrected chi connectivity index (χ2v) is 6.86. The first-order valence-corrected chi connectivity index (χ1v) is 7.82. The molecule has 19 heavy (non-hydrogen) atoms. The van der Waals surface area contributed by atoms with Gasteiger partial charge in [0, 0.05) is 22.4 Å². The molecule has 1 aromatic rings. The summed E-state index contributed by atoms with van der Waals surface area (Å²) in [6, 6.07) is 8.71. The molecular weight excluding hydrogens is 302 g/mol. The Morgan fingerprint density at radius 2 is 2.00 bits per heavy atom. The van der Waals surface area contributed by atoms with Crippen molar-refractivity contribution in [2.75, 3.05) is 0 Å². The SMILES string of the molecule is CCC1(c2ccc(Br)cc2)CC(=O)NC1CC(C)C. The molecule has 2 nitrogen and oxygen atoms in total. The molecule has 1 aliphatic rings. The molecule has 104 valence electrons. The molecule has 0 bridgehead atoms. The number of hydrogen-bond acceptors (Lipinski definition) is 1. The first-order chi connectivity index (χ1) is 8.98. The molecule has 1 heterocycles. The van der Waals surface area contributed by atoms with Crippen LogP contribution in [-0.2, 0) is 10.2 Å². The Morgan fingerprint density at radius 1 is 1.37 bits per heavy atom. The molecule has 0 saturated carbocycles. The first-order valence-electron chi connectivity index (χ1n) is 7.03. The van der Waals surface area contributed by atoms with Crippen molar-refractivity contribution in [3.63, 3.8) is 0 Å². The fourth-order valence-corrected chi connectivity index (χ4v) is 3.47. The second-order valence-electron chi connectivity index (χ2n) is 5.94. The molecule has 1 saturated heterocycles. The van der Waals surface area contributed by atoms with Gasteiger partial charge in [0.05, 0.1) is 0 Å². The Balaban J connectivity index is 2.38. The lowest BCUT2D eigenvalue weighted by Crippen LogP contribution is -2.41. The Hall–Kier alpha value is -0.830. The third-order valence-corrected chi connectivity index (χ3v) is 4.76. The van der Waals surface area contributed by atoms with Crippen LogP contribution in [0.4, 0.5) is 0 Å². The molecule has 1 N–H and O–H groups in total. The van der Waals surface area contributed by atoms with Gasteiger partial charge < -0.3 is 5.32 Å². The normalized spacial score (nSPS) is 26.8. The third-order valence-electron chi connectivity index (χ3n) is 4.24. The van der Waals surface area contributed by atoms with Crippen molar-refractivity contribution in [2.45, 2.75) is 51.5 Å². The number of rotatable bonds is 4. The first kappa shape index (κ1) is 14.6. The van der Waals surface area contributed by atoms with E-state index in [2.05, 4.69) is 66.3 Å². The fourth-order valence-electron chi connectivity index (χ4n) is 3.21. The lowest BCUT2D eigenvalue weighted by atomic mass is 9.70. The van der Waals surface area contributed by atoms with E-state index in [9.17, 15) is 4.79 Å². The molecule has 2 rings (SSSR count). The smallest absolute Gasteiger partial charge is 0.221 e. The fraction of sp³-hybridized carbons (Fsp3) is 0.562. The lowest BCUT2D eigenvalue weighted by Gasteiger charge is -2.35. The van der Waals surface area contributed by atoms with Crippen LogP contribution in [-0.4, -0.2) is 11.9 Å². The average molecular weight is 324 g/mol. The van der Waals surface area contributed by atoms with Crippen LogP contribution < -0.4 is 5.32 Å². The van der Waals surface area contributed by atoms with E-state index in [1.165, 1.54) is 5.56 Å². The van der Waals surface area contributed by atoms with E-state index in [0.717, 1.165) is 17.3 Å². The molecule has 1 aromatic carbocycles. The Bertz CT molecular complexity index is 454. The molecule has 0 aliphatic carbocycles. The van der Waals surface area contributed by atoms with Gasteiger partial charge >= 0.3 is 0 Å². The van der Waals surface area contributed by atoms with Gasteiger partial charge in [0.25, 0.3) is 0 Å². The predicted molar refractivity (Wildman–Crippen MR) is 82.1 cm³/mol. The maximum absolute atomic E-state index is 11.9. The van der Waals surface area contributed by atoms with Crippen molar-refractivity contribution in [1.29, 1.82) is 0 Å².